The highest BCUT2D eigenvalue weighted by Gasteiger charge is 2.07. The summed E-state index contributed by atoms with van der Waals surface area (Å²) in [5.74, 6) is 0. The van der Waals surface area contributed by atoms with Gasteiger partial charge in [-0.1, -0.05) is 65.8 Å². The summed E-state index contributed by atoms with van der Waals surface area (Å²) in [6.45, 7) is 5.82. The van der Waals surface area contributed by atoms with Gasteiger partial charge in [0.2, 0.25) is 0 Å². The van der Waals surface area contributed by atoms with Crippen molar-refractivity contribution in [3.8, 4) is 11.1 Å². The van der Waals surface area contributed by atoms with Crippen LogP contribution in [0.25, 0.3) is 27.3 Å². The summed E-state index contributed by atoms with van der Waals surface area (Å²) in [6, 6.07) is 16.0. The van der Waals surface area contributed by atoms with Crippen molar-refractivity contribution in [1.29, 1.82) is 0 Å². The molecule has 2 aromatic carbocycles. The lowest BCUT2D eigenvalue weighted by atomic mass is 9.96. The predicted octanol–water partition coefficient (Wildman–Crippen LogP) is 4.94. The topological polar surface area (TPSA) is 48.8 Å². The molecule has 0 aromatic heterocycles. The van der Waals surface area contributed by atoms with Gasteiger partial charge in [0.15, 0.2) is 0 Å². The van der Waals surface area contributed by atoms with Gasteiger partial charge in [0, 0.05) is 10.6 Å². The number of azide groups is 1. The highest BCUT2D eigenvalue weighted by atomic mass is 15.1. The van der Waals surface area contributed by atoms with Crippen LogP contribution in [0.1, 0.15) is 11.1 Å². The molecule has 0 unspecified atom stereocenters. The van der Waals surface area contributed by atoms with Crippen LogP contribution in [0.4, 0.5) is 0 Å². The van der Waals surface area contributed by atoms with E-state index in [4.69, 9.17) is 5.53 Å². The zero-order valence-corrected chi connectivity index (χ0v) is 10.2. The van der Waals surface area contributed by atoms with Crippen LogP contribution in [-0.2, 0) is 0 Å². The summed E-state index contributed by atoms with van der Waals surface area (Å²) in [5, 5.41) is 3.61. The second-order valence-corrected chi connectivity index (χ2v) is 4.05. The van der Waals surface area contributed by atoms with Crippen LogP contribution in [-0.4, -0.2) is 0 Å². The third-order valence-electron chi connectivity index (χ3n) is 2.74. The summed E-state index contributed by atoms with van der Waals surface area (Å²) < 4.78 is 0. The first-order valence-electron chi connectivity index (χ1n) is 5.63. The Morgan fingerprint density at radius 2 is 1.89 bits per heavy atom. The van der Waals surface area contributed by atoms with E-state index in [9.17, 15) is 0 Å². The lowest BCUT2D eigenvalue weighted by Crippen LogP contribution is -1.88. The Morgan fingerprint density at radius 3 is 2.56 bits per heavy atom. The van der Waals surface area contributed by atoms with Crippen LogP contribution in [0.5, 0.6) is 0 Å². The van der Waals surface area contributed by atoms with Crippen LogP contribution >= 0.6 is 0 Å². The fourth-order valence-corrected chi connectivity index (χ4v) is 1.87. The molecule has 0 radical (unpaired) electrons. The maximum absolute atomic E-state index is 8.53. The lowest BCUT2D eigenvalue weighted by Gasteiger charge is -2.10. The Hall–Kier alpha value is -2.51. The second-order valence-electron chi connectivity index (χ2n) is 4.05. The molecule has 0 fully saturated rings. The van der Waals surface area contributed by atoms with E-state index in [-0.39, 0.29) is 0 Å². The Bertz CT molecular complexity index is 623. The van der Waals surface area contributed by atoms with Crippen LogP contribution in [0.2, 0.25) is 0 Å². The van der Waals surface area contributed by atoms with E-state index in [0.29, 0.717) is 5.70 Å². The molecular formula is C15H13N3. The third kappa shape index (κ3) is 2.42. The van der Waals surface area contributed by atoms with E-state index in [1.54, 1.807) is 0 Å². The van der Waals surface area contributed by atoms with Crippen LogP contribution in [0.15, 0.2) is 60.2 Å². The lowest BCUT2D eigenvalue weighted by molar-refractivity contribution is 1.41. The first-order chi connectivity index (χ1) is 8.72. The number of nitrogens with zero attached hydrogens (tertiary/aromatic N) is 3. The molecule has 0 aliphatic heterocycles. The normalized spacial score (nSPS) is 9.61. The van der Waals surface area contributed by atoms with E-state index in [0.717, 1.165) is 22.3 Å². The molecule has 0 aliphatic carbocycles. The molecule has 0 N–H and O–H groups in total. The molecule has 18 heavy (non-hydrogen) atoms. The minimum Gasteiger partial charge on any atom is -0.0889 e. The Kier molecular flexibility index (Phi) is 3.46. The molecular weight excluding hydrogens is 222 g/mol. The van der Waals surface area contributed by atoms with Crippen molar-refractivity contribution < 1.29 is 0 Å². The molecule has 0 heterocycles. The first kappa shape index (κ1) is 12.0. The average Bonchev–Trinajstić information content (AvgIpc) is 2.40. The molecule has 0 aliphatic rings. The fourth-order valence-electron chi connectivity index (χ4n) is 1.87. The van der Waals surface area contributed by atoms with Gasteiger partial charge >= 0.3 is 0 Å². The van der Waals surface area contributed by atoms with E-state index >= 15 is 0 Å². The maximum atomic E-state index is 8.53. The van der Waals surface area contributed by atoms with Gasteiger partial charge in [-0.2, -0.15) is 0 Å². The number of benzene rings is 2. The molecule has 0 amide bonds. The number of hydrogen-bond donors (Lipinski definition) is 0. The largest absolute Gasteiger partial charge is 0.0889 e. The van der Waals surface area contributed by atoms with Gasteiger partial charge in [0.1, 0.15) is 0 Å². The Labute approximate surface area is 106 Å². The molecule has 3 nitrogen and oxygen atoms in total. The smallest absolute Gasteiger partial charge is 0.0382 e. The standard InChI is InChI=1S/C15H13N3/c1-11-8-9-14(13-6-4-3-5-7-13)15(10-11)12(2)17-18-16/h3-10H,2H2,1H3. The van der Waals surface area contributed by atoms with Gasteiger partial charge in [0.25, 0.3) is 0 Å². The average molecular weight is 235 g/mol. The van der Waals surface area contributed by atoms with Crippen LogP contribution in [0, 0.1) is 6.92 Å². The van der Waals surface area contributed by atoms with Gasteiger partial charge in [0.05, 0.1) is 0 Å². The highest BCUT2D eigenvalue weighted by Crippen LogP contribution is 2.29. The van der Waals surface area contributed by atoms with Crippen molar-refractivity contribution in [3.63, 3.8) is 0 Å². The number of aryl methyl sites for hydroxylation is 1. The monoisotopic (exact) mass is 235 g/mol. The molecule has 0 atom stereocenters. The molecule has 0 saturated carbocycles. The SMILES string of the molecule is C=C(N=[N+]=[N-])c1cc(C)ccc1-c1ccccc1. The summed E-state index contributed by atoms with van der Waals surface area (Å²) in [5.41, 5.74) is 13.1. The van der Waals surface area contributed by atoms with Crippen molar-refractivity contribution in [2.75, 3.05) is 0 Å². The van der Waals surface area contributed by atoms with Gasteiger partial charge in [-0.15, -0.1) is 0 Å². The van der Waals surface area contributed by atoms with Crippen molar-refractivity contribution >= 4 is 5.70 Å². The van der Waals surface area contributed by atoms with Crippen molar-refractivity contribution in [2.45, 2.75) is 6.92 Å². The van der Waals surface area contributed by atoms with Gasteiger partial charge in [-0.25, -0.2) is 0 Å². The summed E-state index contributed by atoms with van der Waals surface area (Å²) in [6.07, 6.45) is 0. The quantitative estimate of drug-likeness (QED) is 0.411. The molecule has 3 heteroatoms. The minimum absolute atomic E-state index is 0.444. The van der Waals surface area contributed by atoms with Crippen molar-refractivity contribution in [1.82, 2.24) is 0 Å². The zero-order chi connectivity index (χ0) is 13.0. The van der Waals surface area contributed by atoms with Crippen LogP contribution < -0.4 is 0 Å². The third-order valence-corrected chi connectivity index (χ3v) is 2.74. The van der Waals surface area contributed by atoms with Gasteiger partial charge < -0.3 is 0 Å². The summed E-state index contributed by atoms with van der Waals surface area (Å²) in [7, 11) is 0. The van der Waals surface area contributed by atoms with Gasteiger partial charge in [-0.3, -0.25) is 0 Å². The number of rotatable bonds is 3. The first-order valence-corrected chi connectivity index (χ1v) is 5.63. The summed E-state index contributed by atoms with van der Waals surface area (Å²) in [4.78, 5) is 2.80. The highest BCUT2D eigenvalue weighted by molar-refractivity contribution is 5.80. The Morgan fingerprint density at radius 1 is 1.17 bits per heavy atom. The zero-order valence-electron chi connectivity index (χ0n) is 10.2. The molecule has 0 bridgehead atoms. The maximum Gasteiger partial charge on any atom is 0.0382 e. The molecule has 2 rings (SSSR count). The van der Waals surface area contributed by atoms with Crippen LogP contribution in [0.3, 0.4) is 0 Å². The number of hydrogen-bond acceptors (Lipinski definition) is 1. The van der Waals surface area contributed by atoms with E-state index in [2.05, 4.69) is 16.6 Å². The molecule has 0 spiro atoms. The van der Waals surface area contributed by atoms with Crippen molar-refractivity contribution in [2.24, 2.45) is 5.11 Å². The molecule has 0 saturated heterocycles. The van der Waals surface area contributed by atoms with E-state index < -0.39 is 0 Å². The fraction of sp³-hybridized carbons (Fsp3) is 0.0667. The van der Waals surface area contributed by atoms with Crippen molar-refractivity contribution in [3.05, 3.63) is 76.7 Å². The van der Waals surface area contributed by atoms with E-state index in [1.807, 2.05) is 55.5 Å². The summed E-state index contributed by atoms with van der Waals surface area (Å²) >= 11 is 0. The Balaban J connectivity index is 2.61. The molecule has 2 aromatic rings. The molecule has 88 valence electrons. The van der Waals surface area contributed by atoms with E-state index in [1.165, 1.54) is 0 Å². The minimum atomic E-state index is 0.444. The predicted molar refractivity (Wildman–Crippen MR) is 74.8 cm³/mol. The second kappa shape index (κ2) is 5.21. The van der Waals surface area contributed by atoms with Gasteiger partial charge in [-0.05, 0) is 29.1 Å².